The molecule has 1 aliphatic rings. The number of hydrogen-bond acceptors (Lipinski definition) is 3. The third kappa shape index (κ3) is 4.28. The van der Waals surface area contributed by atoms with Gasteiger partial charge in [-0.2, -0.15) is 0 Å². The van der Waals surface area contributed by atoms with Crippen molar-refractivity contribution in [1.29, 1.82) is 0 Å². The summed E-state index contributed by atoms with van der Waals surface area (Å²) in [7, 11) is 1.86. The van der Waals surface area contributed by atoms with Crippen LogP contribution in [0.15, 0.2) is 0 Å². The number of carbonyl (C=O) groups excluding carboxylic acids is 1. The quantitative estimate of drug-likeness (QED) is 0.713. The fourth-order valence-corrected chi connectivity index (χ4v) is 2.55. The number of rotatable bonds is 6. The molecule has 1 rings (SSSR count). The predicted octanol–water partition coefficient (Wildman–Crippen LogP) is 1.25. The van der Waals surface area contributed by atoms with Crippen molar-refractivity contribution in [2.45, 2.75) is 32.6 Å². The van der Waals surface area contributed by atoms with Gasteiger partial charge in [-0.3, -0.25) is 4.79 Å². The van der Waals surface area contributed by atoms with Crippen molar-refractivity contribution in [1.82, 2.24) is 4.90 Å². The van der Waals surface area contributed by atoms with Crippen molar-refractivity contribution in [3.05, 3.63) is 0 Å². The Kier molecular flexibility index (Phi) is 6.52. The number of ether oxygens (including phenoxy) is 1. The second-order valence-corrected chi connectivity index (χ2v) is 4.84. The van der Waals surface area contributed by atoms with Gasteiger partial charge >= 0.3 is 0 Å². The highest BCUT2D eigenvalue weighted by atomic mass is 16.5. The molecule has 1 aliphatic carbocycles. The highest BCUT2D eigenvalue weighted by Gasteiger charge is 2.31. The van der Waals surface area contributed by atoms with Crippen LogP contribution in [-0.4, -0.2) is 44.2 Å². The van der Waals surface area contributed by atoms with Gasteiger partial charge in [-0.1, -0.05) is 12.8 Å². The number of nitrogens with two attached hydrogens (primary N) is 1. The van der Waals surface area contributed by atoms with Crippen LogP contribution in [0.25, 0.3) is 0 Å². The zero-order valence-electron chi connectivity index (χ0n) is 11.2. The summed E-state index contributed by atoms with van der Waals surface area (Å²) >= 11 is 0. The minimum Gasteiger partial charge on any atom is -0.380 e. The Balaban J connectivity index is 2.43. The molecule has 1 saturated carbocycles. The maximum atomic E-state index is 12.3. The van der Waals surface area contributed by atoms with E-state index in [1.807, 2.05) is 14.0 Å². The van der Waals surface area contributed by atoms with Crippen molar-refractivity contribution in [3.8, 4) is 0 Å². The van der Waals surface area contributed by atoms with Crippen molar-refractivity contribution in [3.63, 3.8) is 0 Å². The normalized spacial score (nSPS) is 24.6. The van der Waals surface area contributed by atoms with Gasteiger partial charge in [0.25, 0.3) is 0 Å². The molecule has 0 spiro atoms. The molecule has 2 atom stereocenters. The fourth-order valence-electron chi connectivity index (χ4n) is 2.55. The Morgan fingerprint density at radius 2 is 2.12 bits per heavy atom. The first-order valence-electron chi connectivity index (χ1n) is 6.73. The standard InChI is InChI=1S/C13H26N2O2/c1-3-17-9-8-15(2)13(16)12-7-5-4-6-11(12)10-14/h11-12H,3-10,14H2,1-2H3. The van der Waals surface area contributed by atoms with Crippen molar-refractivity contribution < 1.29 is 9.53 Å². The number of hydrogen-bond donors (Lipinski definition) is 1. The van der Waals surface area contributed by atoms with Crippen LogP contribution in [0.5, 0.6) is 0 Å². The van der Waals surface area contributed by atoms with E-state index in [4.69, 9.17) is 10.5 Å². The molecule has 1 fully saturated rings. The van der Waals surface area contributed by atoms with Crippen molar-refractivity contribution in [2.24, 2.45) is 17.6 Å². The summed E-state index contributed by atoms with van der Waals surface area (Å²) in [6, 6.07) is 0. The van der Waals surface area contributed by atoms with Gasteiger partial charge in [0.1, 0.15) is 0 Å². The van der Waals surface area contributed by atoms with Gasteiger partial charge in [-0.15, -0.1) is 0 Å². The van der Waals surface area contributed by atoms with Crippen LogP contribution < -0.4 is 5.73 Å². The Hall–Kier alpha value is -0.610. The van der Waals surface area contributed by atoms with Gasteiger partial charge in [0, 0.05) is 26.1 Å². The third-order valence-corrected chi connectivity index (χ3v) is 3.68. The first-order chi connectivity index (χ1) is 8.20. The van der Waals surface area contributed by atoms with Crippen molar-refractivity contribution in [2.75, 3.05) is 33.4 Å². The zero-order chi connectivity index (χ0) is 12.7. The largest absolute Gasteiger partial charge is 0.380 e. The summed E-state index contributed by atoms with van der Waals surface area (Å²) in [6.07, 6.45) is 4.48. The molecule has 4 nitrogen and oxygen atoms in total. The minimum absolute atomic E-state index is 0.139. The lowest BCUT2D eigenvalue weighted by Gasteiger charge is -2.32. The molecule has 1 amide bonds. The maximum absolute atomic E-state index is 12.3. The summed E-state index contributed by atoms with van der Waals surface area (Å²) in [4.78, 5) is 14.1. The van der Waals surface area contributed by atoms with Gasteiger partial charge < -0.3 is 15.4 Å². The Bertz CT molecular complexity index is 233. The average Bonchev–Trinajstić information content (AvgIpc) is 2.38. The number of amides is 1. The van der Waals surface area contributed by atoms with E-state index in [-0.39, 0.29) is 11.8 Å². The van der Waals surface area contributed by atoms with E-state index in [0.29, 0.717) is 32.2 Å². The lowest BCUT2D eigenvalue weighted by atomic mass is 9.78. The molecule has 0 aromatic carbocycles. The Labute approximate surface area is 104 Å². The van der Waals surface area contributed by atoms with Crippen LogP contribution in [-0.2, 0) is 9.53 Å². The second kappa shape index (κ2) is 7.67. The van der Waals surface area contributed by atoms with E-state index in [0.717, 1.165) is 19.3 Å². The molecule has 0 aromatic rings. The number of nitrogens with zero attached hydrogens (tertiary/aromatic N) is 1. The van der Waals surface area contributed by atoms with E-state index in [1.54, 1.807) is 4.90 Å². The third-order valence-electron chi connectivity index (χ3n) is 3.68. The van der Waals surface area contributed by atoms with E-state index >= 15 is 0 Å². The molecule has 0 bridgehead atoms. The first kappa shape index (κ1) is 14.5. The van der Waals surface area contributed by atoms with Crippen LogP contribution in [0.4, 0.5) is 0 Å². The van der Waals surface area contributed by atoms with Crippen molar-refractivity contribution >= 4 is 5.91 Å². The Morgan fingerprint density at radius 1 is 1.41 bits per heavy atom. The molecule has 100 valence electrons. The SMILES string of the molecule is CCOCCN(C)C(=O)C1CCCCC1CN. The molecular formula is C13H26N2O2. The first-order valence-corrected chi connectivity index (χ1v) is 6.73. The van der Waals surface area contributed by atoms with Crippen LogP contribution >= 0.6 is 0 Å². The summed E-state index contributed by atoms with van der Waals surface area (Å²) < 4.78 is 5.28. The molecule has 0 heterocycles. The van der Waals surface area contributed by atoms with Gasteiger partial charge in [0.05, 0.1) is 6.61 Å². The maximum Gasteiger partial charge on any atom is 0.225 e. The molecule has 4 heteroatoms. The number of carbonyl (C=O) groups is 1. The van der Waals surface area contributed by atoms with Gasteiger partial charge in [-0.25, -0.2) is 0 Å². The van der Waals surface area contributed by atoms with Gasteiger partial charge in [0.15, 0.2) is 0 Å². The molecule has 17 heavy (non-hydrogen) atoms. The van der Waals surface area contributed by atoms with Crippen LogP contribution in [0.1, 0.15) is 32.6 Å². The smallest absolute Gasteiger partial charge is 0.225 e. The van der Waals surface area contributed by atoms with Gasteiger partial charge in [-0.05, 0) is 32.2 Å². The lowest BCUT2D eigenvalue weighted by Crippen LogP contribution is -2.41. The van der Waals surface area contributed by atoms with E-state index in [1.165, 1.54) is 6.42 Å². The highest BCUT2D eigenvalue weighted by Crippen LogP contribution is 2.30. The molecule has 0 saturated heterocycles. The molecule has 0 radical (unpaired) electrons. The molecule has 0 aliphatic heterocycles. The second-order valence-electron chi connectivity index (χ2n) is 4.84. The average molecular weight is 242 g/mol. The summed E-state index contributed by atoms with van der Waals surface area (Å²) in [5.41, 5.74) is 5.76. The fraction of sp³-hybridized carbons (Fsp3) is 0.923. The summed E-state index contributed by atoms with van der Waals surface area (Å²) in [6.45, 7) is 4.61. The minimum atomic E-state index is 0.139. The molecule has 0 aromatic heterocycles. The van der Waals surface area contributed by atoms with E-state index < -0.39 is 0 Å². The molecular weight excluding hydrogens is 216 g/mol. The van der Waals surface area contributed by atoms with Crippen LogP contribution in [0.2, 0.25) is 0 Å². The van der Waals surface area contributed by atoms with Crippen LogP contribution in [0.3, 0.4) is 0 Å². The van der Waals surface area contributed by atoms with E-state index in [2.05, 4.69) is 0 Å². The van der Waals surface area contributed by atoms with E-state index in [9.17, 15) is 4.79 Å². The number of likely N-dealkylation sites (N-methyl/N-ethyl adjacent to an activating group) is 1. The summed E-state index contributed by atoms with van der Waals surface area (Å²) in [5.74, 6) is 0.769. The zero-order valence-corrected chi connectivity index (χ0v) is 11.2. The summed E-state index contributed by atoms with van der Waals surface area (Å²) in [5, 5.41) is 0. The predicted molar refractivity (Wildman–Crippen MR) is 68.6 cm³/mol. The highest BCUT2D eigenvalue weighted by molar-refractivity contribution is 5.79. The van der Waals surface area contributed by atoms with Gasteiger partial charge in [0.2, 0.25) is 5.91 Å². The molecule has 2 unspecified atom stereocenters. The lowest BCUT2D eigenvalue weighted by molar-refractivity contribution is -0.137. The monoisotopic (exact) mass is 242 g/mol. The topological polar surface area (TPSA) is 55.6 Å². The Morgan fingerprint density at radius 3 is 2.76 bits per heavy atom. The van der Waals surface area contributed by atoms with Crippen LogP contribution in [0, 0.1) is 11.8 Å². The molecule has 2 N–H and O–H groups in total.